The Balaban J connectivity index is 0.00000210. The normalized spacial score (nSPS) is 20.7. The molecular weight excluding hydrogens is 384 g/mol. The molecule has 1 N–H and O–H groups in total. The van der Waals surface area contributed by atoms with Gasteiger partial charge in [0.1, 0.15) is 5.82 Å². The third kappa shape index (κ3) is 3.92. The predicted molar refractivity (Wildman–Crippen MR) is 108 cm³/mol. The summed E-state index contributed by atoms with van der Waals surface area (Å²) in [6, 6.07) is 8.08. The molecule has 2 aromatic rings. The Hall–Kier alpha value is -1.41. The van der Waals surface area contributed by atoms with Crippen LogP contribution in [0.4, 0.5) is 0 Å². The first-order chi connectivity index (χ1) is 12.6. The lowest BCUT2D eigenvalue weighted by Crippen LogP contribution is -2.48. The number of benzene rings is 1. The molecule has 2 aliphatic rings. The largest absolute Gasteiger partial charge is 0.333 e. The minimum atomic E-state index is -3.61. The first-order valence-corrected chi connectivity index (χ1v) is 10.9. The number of fused-ring (bicyclic) bond motifs is 1. The van der Waals surface area contributed by atoms with E-state index >= 15 is 0 Å². The van der Waals surface area contributed by atoms with Crippen LogP contribution in [0.2, 0.25) is 0 Å². The summed E-state index contributed by atoms with van der Waals surface area (Å²) in [5.41, 5.74) is 2.29. The zero-order valence-electron chi connectivity index (χ0n) is 15.6. The summed E-state index contributed by atoms with van der Waals surface area (Å²) in [6.45, 7) is 4.73. The van der Waals surface area contributed by atoms with Crippen LogP contribution in [0.15, 0.2) is 35.5 Å². The van der Waals surface area contributed by atoms with Gasteiger partial charge in [-0.25, -0.2) is 13.4 Å². The number of imidazole rings is 1. The Morgan fingerprint density at radius 3 is 2.67 bits per heavy atom. The summed E-state index contributed by atoms with van der Waals surface area (Å²) >= 11 is 0. The number of halogens is 1. The molecule has 1 saturated heterocycles. The van der Waals surface area contributed by atoms with Gasteiger partial charge in [-0.05, 0) is 30.4 Å². The smallest absolute Gasteiger partial charge is 0.262 e. The molecule has 1 fully saturated rings. The lowest BCUT2D eigenvalue weighted by atomic mass is 10.0. The van der Waals surface area contributed by atoms with Crippen LogP contribution in [0.3, 0.4) is 0 Å². The van der Waals surface area contributed by atoms with E-state index in [9.17, 15) is 8.42 Å². The van der Waals surface area contributed by atoms with E-state index in [2.05, 4.69) is 41.5 Å². The molecule has 2 aliphatic heterocycles. The maximum atomic E-state index is 13.3. The highest BCUT2D eigenvalue weighted by atomic mass is 35.5. The van der Waals surface area contributed by atoms with Crippen LogP contribution >= 0.6 is 12.4 Å². The fourth-order valence-electron chi connectivity index (χ4n) is 3.86. The molecule has 8 heteroatoms. The standard InChI is InChI=1S/C19H26N4O2S.ClH/c1-2-15-6-8-16(9-7-15)17-13-20-10-12-23(17)26(24,25)19-14-22-11-4-3-5-18(22)21-19;/h6-9,14,17,20H,2-5,10-13H2,1H3;1H. The monoisotopic (exact) mass is 410 g/mol. The van der Waals surface area contributed by atoms with Crippen LogP contribution in [0.25, 0.3) is 0 Å². The highest BCUT2D eigenvalue weighted by Crippen LogP contribution is 2.29. The Bertz CT molecular complexity index is 856. The number of aryl methyl sites for hydroxylation is 3. The number of nitrogens with zero attached hydrogens (tertiary/aromatic N) is 3. The second-order valence-corrected chi connectivity index (χ2v) is 8.91. The van der Waals surface area contributed by atoms with Gasteiger partial charge in [-0.1, -0.05) is 31.2 Å². The molecule has 0 spiro atoms. The average Bonchev–Trinajstić information content (AvgIpc) is 3.13. The van der Waals surface area contributed by atoms with Crippen molar-refractivity contribution >= 4 is 22.4 Å². The van der Waals surface area contributed by atoms with Crippen molar-refractivity contribution < 1.29 is 8.42 Å². The average molecular weight is 411 g/mol. The molecule has 6 nitrogen and oxygen atoms in total. The molecule has 1 aromatic heterocycles. The van der Waals surface area contributed by atoms with Crippen LogP contribution in [0, 0.1) is 0 Å². The van der Waals surface area contributed by atoms with Gasteiger partial charge in [0.25, 0.3) is 10.0 Å². The van der Waals surface area contributed by atoms with Gasteiger partial charge < -0.3 is 9.88 Å². The number of aromatic nitrogens is 2. The minimum Gasteiger partial charge on any atom is -0.333 e. The Kier molecular flexibility index (Phi) is 6.25. The molecule has 3 heterocycles. The van der Waals surface area contributed by atoms with Gasteiger partial charge in [0.15, 0.2) is 5.03 Å². The van der Waals surface area contributed by atoms with Crippen LogP contribution in [0.1, 0.15) is 42.8 Å². The van der Waals surface area contributed by atoms with E-state index in [0.717, 1.165) is 43.6 Å². The van der Waals surface area contributed by atoms with Crippen LogP contribution < -0.4 is 5.32 Å². The fourth-order valence-corrected chi connectivity index (χ4v) is 5.45. The molecule has 0 aliphatic carbocycles. The second kappa shape index (κ2) is 8.31. The Labute approximate surface area is 167 Å². The lowest BCUT2D eigenvalue weighted by molar-refractivity contribution is 0.271. The number of rotatable bonds is 4. The zero-order valence-corrected chi connectivity index (χ0v) is 17.2. The second-order valence-electron chi connectivity index (χ2n) is 7.08. The number of hydrogen-bond donors (Lipinski definition) is 1. The Morgan fingerprint density at radius 2 is 1.96 bits per heavy atom. The van der Waals surface area contributed by atoms with Gasteiger partial charge in [-0.15, -0.1) is 12.4 Å². The number of nitrogens with one attached hydrogen (secondary N) is 1. The van der Waals surface area contributed by atoms with E-state index in [0.29, 0.717) is 19.6 Å². The molecule has 1 unspecified atom stereocenters. The third-order valence-corrected chi connectivity index (χ3v) is 7.21. The molecule has 0 amide bonds. The van der Waals surface area contributed by atoms with Crippen LogP contribution in [0.5, 0.6) is 0 Å². The van der Waals surface area contributed by atoms with E-state index in [1.807, 2.05) is 4.57 Å². The van der Waals surface area contributed by atoms with Gasteiger partial charge in [0.05, 0.1) is 6.04 Å². The maximum Gasteiger partial charge on any atom is 0.262 e. The van der Waals surface area contributed by atoms with Gasteiger partial charge >= 0.3 is 0 Å². The quantitative estimate of drug-likeness (QED) is 0.841. The molecule has 0 radical (unpaired) electrons. The molecule has 1 aromatic carbocycles. The fraction of sp³-hybridized carbons (Fsp3) is 0.526. The van der Waals surface area contributed by atoms with Crippen molar-refractivity contribution in [1.82, 2.24) is 19.2 Å². The minimum absolute atomic E-state index is 0. The van der Waals surface area contributed by atoms with Crippen LogP contribution in [-0.2, 0) is 29.4 Å². The summed E-state index contributed by atoms with van der Waals surface area (Å²) in [5, 5.41) is 3.53. The first-order valence-electron chi connectivity index (χ1n) is 9.47. The van der Waals surface area contributed by atoms with Gasteiger partial charge in [0.2, 0.25) is 0 Å². The summed E-state index contributed by atoms with van der Waals surface area (Å²) in [4.78, 5) is 4.47. The SMILES string of the molecule is CCc1ccc(C2CNCCN2S(=O)(=O)c2cn3c(n2)CCCC3)cc1.Cl. The molecule has 27 heavy (non-hydrogen) atoms. The van der Waals surface area contributed by atoms with Crippen molar-refractivity contribution in [3.63, 3.8) is 0 Å². The van der Waals surface area contributed by atoms with E-state index in [4.69, 9.17) is 0 Å². The lowest BCUT2D eigenvalue weighted by Gasteiger charge is -2.35. The van der Waals surface area contributed by atoms with Crippen molar-refractivity contribution in [2.45, 2.75) is 50.2 Å². The molecule has 4 rings (SSSR count). The first kappa shape index (κ1) is 20.3. The van der Waals surface area contributed by atoms with Crippen molar-refractivity contribution in [3.05, 3.63) is 47.4 Å². The van der Waals surface area contributed by atoms with Gasteiger partial charge in [-0.3, -0.25) is 0 Å². The summed E-state index contributed by atoms with van der Waals surface area (Å²) < 4.78 is 30.3. The van der Waals surface area contributed by atoms with Crippen LogP contribution in [-0.4, -0.2) is 41.9 Å². The number of sulfonamides is 1. The highest BCUT2D eigenvalue weighted by molar-refractivity contribution is 7.89. The van der Waals surface area contributed by atoms with E-state index in [1.54, 1.807) is 10.5 Å². The summed E-state index contributed by atoms with van der Waals surface area (Å²) in [7, 11) is -3.61. The molecular formula is C19H27ClN4O2S. The zero-order chi connectivity index (χ0) is 18.1. The van der Waals surface area contributed by atoms with Crippen molar-refractivity contribution in [2.75, 3.05) is 19.6 Å². The summed E-state index contributed by atoms with van der Waals surface area (Å²) in [6.07, 6.45) is 5.73. The molecule has 148 valence electrons. The number of piperazine rings is 1. The van der Waals surface area contributed by atoms with Crippen molar-refractivity contribution in [2.24, 2.45) is 0 Å². The van der Waals surface area contributed by atoms with Gasteiger partial charge in [0, 0.05) is 38.8 Å². The summed E-state index contributed by atoms with van der Waals surface area (Å²) in [5.74, 6) is 0.897. The van der Waals surface area contributed by atoms with Crippen molar-refractivity contribution in [1.29, 1.82) is 0 Å². The van der Waals surface area contributed by atoms with E-state index in [1.165, 1.54) is 5.56 Å². The molecule has 0 saturated carbocycles. The molecule has 1 atom stereocenters. The number of hydrogen-bond acceptors (Lipinski definition) is 4. The topological polar surface area (TPSA) is 67.2 Å². The van der Waals surface area contributed by atoms with E-state index in [-0.39, 0.29) is 23.5 Å². The van der Waals surface area contributed by atoms with E-state index < -0.39 is 10.0 Å². The molecule has 0 bridgehead atoms. The Morgan fingerprint density at radius 1 is 1.19 bits per heavy atom. The highest BCUT2D eigenvalue weighted by Gasteiger charge is 2.36. The van der Waals surface area contributed by atoms with Crippen molar-refractivity contribution in [3.8, 4) is 0 Å². The maximum absolute atomic E-state index is 13.3. The predicted octanol–water partition coefficient (Wildman–Crippen LogP) is 2.54. The third-order valence-electron chi connectivity index (χ3n) is 5.43. The van der Waals surface area contributed by atoms with Gasteiger partial charge in [-0.2, -0.15) is 4.31 Å².